The van der Waals surface area contributed by atoms with E-state index in [0.29, 0.717) is 0 Å². The number of sulfonamides is 1. The Morgan fingerprint density at radius 3 is 2.36 bits per heavy atom. The Bertz CT molecular complexity index is 960. The summed E-state index contributed by atoms with van der Waals surface area (Å²) in [4.78, 5) is 13.0. The van der Waals surface area contributed by atoms with Gasteiger partial charge in [0, 0.05) is 0 Å². The number of nitrogens with one attached hydrogen (secondary N) is 1. The summed E-state index contributed by atoms with van der Waals surface area (Å²) in [5.41, 5.74) is 2.97. The van der Waals surface area contributed by atoms with Crippen molar-refractivity contribution in [2.75, 3.05) is 10.6 Å². The van der Waals surface area contributed by atoms with Crippen molar-refractivity contribution in [2.45, 2.75) is 46.2 Å². The lowest BCUT2D eigenvalue weighted by atomic mass is 10.00. The molecular weight excluding hydrogens is 379 g/mol. The van der Waals surface area contributed by atoms with Gasteiger partial charge in [0.2, 0.25) is 15.9 Å². The summed E-state index contributed by atoms with van der Waals surface area (Å²) >= 11 is 0. The van der Waals surface area contributed by atoms with Gasteiger partial charge in [-0.1, -0.05) is 42.8 Å². The molecule has 0 unspecified atom stereocenters. The average molecular weight is 407 g/mol. The van der Waals surface area contributed by atoms with Gasteiger partial charge in [-0.05, 0) is 50.5 Å². The van der Waals surface area contributed by atoms with Crippen molar-refractivity contribution in [3.63, 3.8) is 0 Å². The SMILES string of the molecule is CC[C@H](C(=O)N[C@@H](C)c1ccc(C)cc1C)N(c1ccccc1F)S(C)(=O)=O. The molecule has 0 aliphatic carbocycles. The fourth-order valence-corrected chi connectivity index (χ4v) is 4.58. The van der Waals surface area contributed by atoms with Gasteiger partial charge in [-0.2, -0.15) is 0 Å². The largest absolute Gasteiger partial charge is 0.348 e. The highest BCUT2D eigenvalue weighted by molar-refractivity contribution is 7.92. The number of aryl methyl sites for hydroxylation is 2. The molecule has 2 atom stereocenters. The quantitative estimate of drug-likeness (QED) is 0.759. The highest BCUT2D eigenvalue weighted by atomic mass is 32.2. The van der Waals surface area contributed by atoms with E-state index in [2.05, 4.69) is 5.32 Å². The van der Waals surface area contributed by atoms with E-state index in [4.69, 9.17) is 0 Å². The molecule has 28 heavy (non-hydrogen) atoms. The number of nitrogens with zero attached hydrogens (tertiary/aromatic N) is 1. The van der Waals surface area contributed by atoms with Gasteiger partial charge in [0.15, 0.2) is 0 Å². The molecule has 0 aliphatic heterocycles. The molecular formula is C21H27FN2O3S. The van der Waals surface area contributed by atoms with Crippen LogP contribution >= 0.6 is 0 Å². The monoisotopic (exact) mass is 406 g/mol. The Balaban J connectivity index is 2.35. The van der Waals surface area contributed by atoms with Gasteiger partial charge in [-0.3, -0.25) is 9.10 Å². The summed E-state index contributed by atoms with van der Waals surface area (Å²) < 4.78 is 40.0. The molecule has 152 valence electrons. The van der Waals surface area contributed by atoms with Gasteiger partial charge in [-0.25, -0.2) is 12.8 Å². The van der Waals surface area contributed by atoms with Crippen molar-refractivity contribution < 1.29 is 17.6 Å². The fourth-order valence-electron chi connectivity index (χ4n) is 3.36. The van der Waals surface area contributed by atoms with Crippen molar-refractivity contribution in [2.24, 2.45) is 0 Å². The molecule has 0 saturated heterocycles. The molecule has 2 rings (SSSR count). The van der Waals surface area contributed by atoms with Crippen LogP contribution in [0.3, 0.4) is 0 Å². The van der Waals surface area contributed by atoms with E-state index in [9.17, 15) is 17.6 Å². The summed E-state index contributed by atoms with van der Waals surface area (Å²) in [5.74, 6) is -1.16. The molecule has 0 spiro atoms. The number of amides is 1. The van der Waals surface area contributed by atoms with Crippen molar-refractivity contribution in [3.05, 3.63) is 65.0 Å². The van der Waals surface area contributed by atoms with Gasteiger partial charge >= 0.3 is 0 Å². The van der Waals surface area contributed by atoms with Gasteiger partial charge < -0.3 is 5.32 Å². The number of para-hydroxylation sites is 1. The van der Waals surface area contributed by atoms with Gasteiger partial charge in [0.25, 0.3) is 0 Å². The number of hydrogen-bond acceptors (Lipinski definition) is 3. The predicted molar refractivity (Wildman–Crippen MR) is 110 cm³/mol. The number of hydrogen-bond donors (Lipinski definition) is 1. The maximum atomic E-state index is 14.3. The second-order valence-corrected chi connectivity index (χ2v) is 8.88. The predicted octanol–water partition coefficient (Wildman–Crippen LogP) is 3.86. The lowest BCUT2D eigenvalue weighted by Crippen LogP contribution is -2.50. The summed E-state index contributed by atoms with van der Waals surface area (Å²) in [6.45, 7) is 7.50. The van der Waals surface area contributed by atoms with Crippen LogP contribution in [0.2, 0.25) is 0 Å². The molecule has 5 nitrogen and oxygen atoms in total. The number of carbonyl (C=O) groups excluding carboxylic acids is 1. The number of benzene rings is 2. The van der Waals surface area contributed by atoms with E-state index in [1.807, 2.05) is 39.0 Å². The van der Waals surface area contributed by atoms with Crippen LogP contribution in [0.1, 0.15) is 43.0 Å². The zero-order valence-corrected chi connectivity index (χ0v) is 17.7. The summed E-state index contributed by atoms with van der Waals surface area (Å²) in [5, 5.41) is 2.88. The Labute approximate surface area is 166 Å². The molecule has 1 amide bonds. The number of carbonyl (C=O) groups is 1. The van der Waals surface area contributed by atoms with Gasteiger partial charge in [0.1, 0.15) is 11.9 Å². The van der Waals surface area contributed by atoms with Crippen molar-refractivity contribution >= 4 is 21.6 Å². The fraction of sp³-hybridized carbons (Fsp3) is 0.381. The highest BCUT2D eigenvalue weighted by Gasteiger charge is 2.33. The molecule has 0 aliphatic rings. The molecule has 2 aromatic rings. The number of halogens is 1. The Hall–Kier alpha value is -2.41. The summed E-state index contributed by atoms with van der Waals surface area (Å²) in [7, 11) is -3.88. The second kappa shape index (κ2) is 8.73. The molecule has 0 radical (unpaired) electrons. The van der Waals surface area contributed by atoms with Crippen LogP contribution in [-0.4, -0.2) is 26.6 Å². The topological polar surface area (TPSA) is 66.5 Å². The van der Waals surface area contributed by atoms with Crippen LogP contribution in [0.15, 0.2) is 42.5 Å². The Morgan fingerprint density at radius 1 is 1.18 bits per heavy atom. The molecule has 2 aromatic carbocycles. The molecule has 7 heteroatoms. The van der Waals surface area contributed by atoms with Crippen LogP contribution in [0.4, 0.5) is 10.1 Å². The third-order valence-electron chi connectivity index (χ3n) is 4.67. The van der Waals surface area contributed by atoms with Gasteiger partial charge in [-0.15, -0.1) is 0 Å². The third-order valence-corrected chi connectivity index (χ3v) is 5.84. The lowest BCUT2D eigenvalue weighted by molar-refractivity contribution is -0.122. The van der Waals surface area contributed by atoms with Crippen LogP contribution in [0.25, 0.3) is 0 Å². The summed E-state index contributed by atoms with van der Waals surface area (Å²) in [6.07, 6.45) is 1.18. The maximum absolute atomic E-state index is 14.3. The molecule has 0 saturated carbocycles. The van der Waals surface area contributed by atoms with E-state index >= 15 is 0 Å². The maximum Gasteiger partial charge on any atom is 0.244 e. The first-order chi connectivity index (χ1) is 13.1. The smallest absolute Gasteiger partial charge is 0.244 e. The minimum absolute atomic E-state index is 0.133. The highest BCUT2D eigenvalue weighted by Crippen LogP contribution is 2.26. The zero-order valence-electron chi connectivity index (χ0n) is 16.9. The first-order valence-electron chi connectivity index (χ1n) is 9.17. The zero-order chi connectivity index (χ0) is 21.1. The van der Waals surface area contributed by atoms with Crippen LogP contribution in [-0.2, 0) is 14.8 Å². The first-order valence-corrected chi connectivity index (χ1v) is 11.0. The lowest BCUT2D eigenvalue weighted by Gasteiger charge is -2.31. The van der Waals surface area contributed by atoms with Crippen molar-refractivity contribution in [3.8, 4) is 0 Å². The van der Waals surface area contributed by atoms with E-state index in [1.165, 1.54) is 18.2 Å². The molecule has 0 aromatic heterocycles. The standard InChI is InChI=1S/C21H27FN2O3S/c1-6-19(24(28(5,26)27)20-10-8-7-9-18(20)22)21(25)23-16(4)17-12-11-14(2)13-15(17)3/h7-13,16,19H,6H2,1-5H3,(H,23,25)/t16-,19+/m0/s1. The first kappa shape index (κ1) is 21.9. The number of anilines is 1. The Morgan fingerprint density at radius 2 is 1.82 bits per heavy atom. The molecule has 1 N–H and O–H groups in total. The van der Waals surface area contributed by atoms with Crippen LogP contribution in [0.5, 0.6) is 0 Å². The van der Waals surface area contributed by atoms with Crippen molar-refractivity contribution in [1.29, 1.82) is 0 Å². The second-order valence-electron chi connectivity index (χ2n) is 7.02. The average Bonchev–Trinajstić information content (AvgIpc) is 2.59. The van der Waals surface area contributed by atoms with Gasteiger partial charge in [0.05, 0.1) is 18.0 Å². The summed E-state index contributed by atoms with van der Waals surface area (Å²) in [6, 6.07) is 10.1. The normalized spacial score (nSPS) is 13.6. The van der Waals surface area contributed by atoms with E-state index in [0.717, 1.165) is 27.3 Å². The van der Waals surface area contributed by atoms with Crippen molar-refractivity contribution in [1.82, 2.24) is 5.32 Å². The Kier molecular flexibility index (Phi) is 6.82. The van der Waals surface area contributed by atoms with Crippen LogP contribution in [0, 0.1) is 19.7 Å². The van der Waals surface area contributed by atoms with E-state index in [-0.39, 0.29) is 18.2 Å². The molecule has 0 fully saturated rings. The number of rotatable bonds is 7. The minimum atomic E-state index is -3.88. The molecule has 0 bridgehead atoms. The third kappa shape index (κ3) is 4.90. The minimum Gasteiger partial charge on any atom is -0.348 e. The molecule has 0 heterocycles. The van der Waals surface area contributed by atoms with E-state index < -0.39 is 27.8 Å². The van der Waals surface area contributed by atoms with E-state index in [1.54, 1.807) is 13.0 Å². The van der Waals surface area contributed by atoms with Crippen LogP contribution < -0.4 is 9.62 Å².